The molecule has 0 aromatic carbocycles. The van der Waals surface area contributed by atoms with Crippen molar-refractivity contribution in [2.45, 2.75) is 38.8 Å². The summed E-state index contributed by atoms with van der Waals surface area (Å²) >= 11 is 0. The summed E-state index contributed by atoms with van der Waals surface area (Å²) in [4.78, 5) is 21.0. The van der Waals surface area contributed by atoms with Gasteiger partial charge >= 0.3 is 0 Å². The van der Waals surface area contributed by atoms with Gasteiger partial charge in [-0.25, -0.2) is 4.98 Å². The molecular formula is C12H20N4O. The Morgan fingerprint density at radius 2 is 2.29 bits per heavy atom. The molecule has 94 valence electrons. The predicted octanol–water partition coefficient (Wildman–Crippen LogP) is 0.900. The third-order valence-electron chi connectivity index (χ3n) is 3.19. The Balaban J connectivity index is 1.78. The van der Waals surface area contributed by atoms with E-state index in [2.05, 4.69) is 15.3 Å². The molecule has 0 radical (unpaired) electrons. The molecule has 17 heavy (non-hydrogen) atoms. The van der Waals surface area contributed by atoms with Gasteiger partial charge in [0.25, 0.3) is 0 Å². The second-order valence-electron chi connectivity index (χ2n) is 4.57. The van der Waals surface area contributed by atoms with Gasteiger partial charge < -0.3 is 15.2 Å². The average molecular weight is 236 g/mol. The largest absolute Gasteiger partial charge is 0.347 e. The summed E-state index contributed by atoms with van der Waals surface area (Å²) in [6, 6.07) is -0.128. The number of hydrogen-bond acceptors (Lipinski definition) is 3. The van der Waals surface area contributed by atoms with E-state index >= 15 is 0 Å². The first-order valence-corrected chi connectivity index (χ1v) is 6.27. The third kappa shape index (κ3) is 3.30. The van der Waals surface area contributed by atoms with Crippen molar-refractivity contribution >= 4 is 5.91 Å². The molecule has 0 saturated carbocycles. The van der Waals surface area contributed by atoms with Crippen LogP contribution in [0.1, 0.15) is 31.9 Å². The predicted molar refractivity (Wildman–Crippen MR) is 65.3 cm³/mol. The molecule has 0 spiro atoms. The minimum Gasteiger partial charge on any atom is -0.347 e. The number of likely N-dealkylation sites (tertiary alicyclic amines) is 1. The van der Waals surface area contributed by atoms with Crippen LogP contribution in [0, 0.1) is 0 Å². The summed E-state index contributed by atoms with van der Waals surface area (Å²) < 4.78 is 0. The minimum atomic E-state index is -0.128. The third-order valence-corrected chi connectivity index (χ3v) is 3.19. The van der Waals surface area contributed by atoms with Gasteiger partial charge in [0, 0.05) is 31.5 Å². The number of carbonyl (C=O) groups excluding carboxylic acids is 1. The zero-order valence-corrected chi connectivity index (χ0v) is 10.3. The highest BCUT2D eigenvalue weighted by molar-refractivity contribution is 5.81. The Bertz CT molecular complexity index is 343. The Hall–Kier alpha value is -1.36. The highest BCUT2D eigenvalue weighted by atomic mass is 16.2. The second kappa shape index (κ2) is 5.82. The molecule has 1 unspecified atom stereocenters. The van der Waals surface area contributed by atoms with E-state index < -0.39 is 0 Å². The lowest BCUT2D eigenvalue weighted by Gasteiger charge is -2.29. The first-order chi connectivity index (χ1) is 8.27. The molecule has 2 N–H and O–H groups in total. The number of nitrogens with one attached hydrogen (secondary N) is 2. The normalized spacial score (nSPS) is 18.1. The van der Waals surface area contributed by atoms with Crippen molar-refractivity contribution in [3.05, 3.63) is 18.2 Å². The van der Waals surface area contributed by atoms with E-state index in [1.54, 1.807) is 12.5 Å². The Labute approximate surface area is 102 Å². The number of nitrogens with zero attached hydrogens (tertiary/aromatic N) is 2. The molecule has 0 bridgehead atoms. The van der Waals surface area contributed by atoms with Crippen LogP contribution in [0.3, 0.4) is 0 Å². The number of imidazole rings is 1. The number of hydrogen-bond donors (Lipinski definition) is 2. The molecule has 2 heterocycles. The van der Waals surface area contributed by atoms with E-state index in [4.69, 9.17) is 0 Å². The number of aromatic amines is 1. The van der Waals surface area contributed by atoms with Crippen LogP contribution in [-0.4, -0.2) is 39.9 Å². The molecule has 1 aromatic rings. The number of carbonyl (C=O) groups is 1. The Morgan fingerprint density at radius 3 is 2.94 bits per heavy atom. The van der Waals surface area contributed by atoms with Crippen molar-refractivity contribution in [2.24, 2.45) is 0 Å². The van der Waals surface area contributed by atoms with E-state index in [9.17, 15) is 4.79 Å². The van der Waals surface area contributed by atoms with Crippen LogP contribution >= 0.6 is 0 Å². The minimum absolute atomic E-state index is 0.128. The average Bonchev–Trinajstić information content (AvgIpc) is 2.89. The molecule has 1 aliphatic rings. The van der Waals surface area contributed by atoms with E-state index in [1.807, 2.05) is 11.8 Å². The first-order valence-electron chi connectivity index (χ1n) is 6.27. The SMILES string of the molecule is CC(NCc1cnc[nH]1)C(=O)N1CCCCC1. The first kappa shape index (κ1) is 12.1. The van der Waals surface area contributed by atoms with Crippen molar-refractivity contribution in [1.29, 1.82) is 0 Å². The summed E-state index contributed by atoms with van der Waals surface area (Å²) in [6.45, 7) is 4.40. The zero-order valence-electron chi connectivity index (χ0n) is 10.3. The molecular weight excluding hydrogens is 216 g/mol. The fourth-order valence-electron chi connectivity index (χ4n) is 2.12. The van der Waals surface area contributed by atoms with Crippen molar-refractivity contribution in [1.82, 2.24) is 20.2 Å². The maximum Gasteiger partial charge on any atom is 0.239 e. The number of aromatic nitrogens is 2. The van der Waals surface area contributed by atoms with E-state index in [0.29, 0.717) is 6.54 Å². The van der Waals surface area contributed by atoms with E-state index in [1.165, 1.54) is 6.42 Å². The smallest absolute Gasteiger partial charge is 0.239 e. The monoisotopic (exact) mass is 236 g/mol. The fraction of sp³-hybridized carbons (Fsp3) is 0.667. The highest BCUT2D eigenvalue weighted by Gasteiger charge is 2.21. The van der Waals surface area contributed by atoms with Gasteiger partial charge in [0.15, 0.2) is 0 Å². The van der Waals surface area contributed by atoms with Gasteiger partial charge in [0.1, 0.15) is 0 Å². The van der Waals surface area contributed by atoms with Crippen LogP contribution in [0.2, 0.25) is 0 Å². The van der Waals surface area contributed by atoms with Crippen LogP contribution in [-0.2, 0) is 11.3 Å². The molecule has 1 amide bonds. The van der Waals surface area contributed by atoms with Crippen molar-refractivity contribution < 1.29 is 4.79 Å². The quantitative estimate of drug-likeness (QED) is 0.816. The molecule has 1 atom stereocenters. The van der Waals surface area contributed by atoms with E-state index in [0.717, 1.165) is 31.6 Å². The molecule has 5 heteroatoms. The molecule has 1 aromatic heterocycles. The lowest BCUT2D eigenvalue weighted by molar-refractivity contribution is -0.133. The van der Waals surface area contributed by atoms with Crippen LogP contribution in [0.25, 0.3) is 0 Å². The Kier molecular flexibility index (Phi) is 4.14. The van der Waals surface area contributed by atoms with Crippen molar-refractivity contribution in [3.63, 3.8) is 0 Å². The van der Waals surface area contributed by atoms with Gasteiger partial charge in [-0.3, -0.25) is 4.79 Å². The number of piperidine rings is 1. The summed E-state index contributed by atoms with van der Waals surface area (Å²) in [6.07, 6.45) is 6.94. The highest BCUT2D eigenvalue weighted by Crippen LogP contribution is 2.10. The van der Waals surface area contributed by atoms with Gasteiger partial charge in [-0.05, 0) is 26.2 Å². The van der Waals surface area contributed by atoms with Crippen molar-refractivity contribution in [2.75, 3.05) is 13.1 Å². The number of H-pyrrole nitrogens is 1. The molecule has 1 aliphatic heterocycles. The van der Waals surface area contributed by atoms with Gasteiger partial charge in [0.2, 0.25) is 5.91 Å². The van der Waals surface area contributed by atoms with Crippen LogP contribution in [0.5, 0.6) is 0 Å². The summed E-state index contributed by atoms with van der Waals surface area (Å²) in [5, 5.41) is 3.22. The maximum atomic E-state index is 12.1. The molecule has 0 aliphatic carbocycles. The van der Waals surface area contributed by atoms with E-state index in [-0.39, 0.29) is 11.9 Å². The molecule has 5 nitrogen and oxygen atoms in total. The summed E-state index contributed by atoms with van der Waals surface area (Å²) in [5.41, 5.74) is 1.00. The maximum absolute atomic E-state index is 12.1. The van der Waals surface area contributed by atoms with Crippen LogP contribution in [0.4, 0.5) is 0 Å². The number of rotatable bonds is 4. The molecule has 2 rings (SSSR count). The lowest BCUT2D eigenvalue weighted by atomic mass is 10.1. The molecule has 1 fully saturated rings. The van der Waals surface area contributed by atoms with Crippen LogP contribution in [0.15, 0.2) is 12.5 Å². The van der Waals surface area contributed by atoms with Gasteiger partial charge in [-0.15, -0.1) is 0 Å². The second-order valence-corrected chi connectivity index (χ2v) is 4.57. The number of amides is 1. The zero-order chi connectivity index (χ0) is 12.1. The topological polar surface area (TPSA) is 61.0 Å². The van der Waals surface area contributed by atoms with Crippen molar-refractivity contribution in [3.8, 4) is 0 Å². The summed E-state index contributed by atoms with van der Waals surface area (Å²) in [5.74, 6) is 0.212. The van der Waals surface area contributed by atoms with Gasteiger partial charge in [-0.1, -0.05) is 0 Å². The fourth-order valence-corrected chi connectivity index (χ4v) is 2.12. The lowest BCUT2D eigenvalue weighted by Crippen LogP contribution is -2.46. The summed E-state index contributed by atoms with van der Waals surface area (Å²) in [7, 11) is 0. The molecule has 1 saturated heterocycles. The van der Waals surface area contributed by atoms with Crippen LogP contribution < -0.4 is 5.32 Å². The van der Waals surface area contributed by atoms with Gasteiger partial charge in [0.05, 0.1) is 12.4 Å². The van der Waals surface area contributed by atoms with Gasteiger partial charge in [-0.2, -0.15) is 0 Å². The standard InChI is InChI=1S/C12H20N4O/c1-10(14-8-11-7-13-9-15-11)12(17)16-5-3-2-4-6-16/h7,9-10,14H,2-6,8H2,1H3,(H,13,15). The Morgan fingerprint density at radius 1 is 1.53 bits per heavy atom.